The van der Waals surface area contributed by atoms with Crippen molar-refractivity contribution in [1.82, 2.24) is 19.7 Å². The Balaban J connectivity index is 1.72. The summed E-state index contributed by atoms with van der Waals surface area (Å²) in [5.41, 5.74) is 3.67. The van der Waals surface area contributed by atoms with E-state index in [1.54, 1.807) is 11.0 Å². The lowest BCUT2D eigenvalue weighted by atomic mass is 10.1. The summed E-state index contributed by atoms with van der Waals surface area (Å²) in [5.74, 6) is 0.866. The number of fused-ring (bicyclic) bond motifs is 2. The maximum Gasteiger partial charge on any atom is 0.163 e. The average Bonchev–Trinajstić information content (AvgIpc) is 3.05. The van der Waals surface area contributed by atoms with Gasteiger partial charge in [0.2, 0.25) is 0 Å². The summed E-state index contributed by atoms with van der Waals surface area (Å²) in [6, 6.07) is 8.92. The third-order valence-corrected chi connectivity index (χ3v) is 3.97. The molecular weight excluding hydrogens is 250 g/mol. The topological polar surface area (TPSA) is 55.6 Å². The smallest absolute Gasteiger partial charge is 0.163 e. The van der Waals surface area contributed by atoms with Crippen LogP contribution in [0.5, 0.6) is 0 Å². The third kappa shape index (κ3) is 1.66. The van der Waals surface area contributed by atoms with E-state index < -0.39 is 0 Å². The number of hydrogen-bond acceptors (Lipinski definition) is 4. The van der Waals surface area contributed by atoms with Gasteiger partial charge in [0.1, 0.15) is 12.1 Å². The summed E-state index contributed by atoms with van der Waals surface area (Å²) in [5, 5.41) is 8.77. The number of anilines is 1. The van der Waals surface area contributed by atoms with E-state index in [2.05, 4.69) is 44.6 Å². The van der Waals surface area contributed by atoms with Crippen LogP contribution < -0.4 is 5.32 Å². The maximum absolute atomic E-state index is 4.38. The van der Waals surface area contributed by atoms with Gasteiger partial charge in [-0.05, 0) is 24.0 Å². The van der Waals surface area contributed by atoms with Crippen LogP contribution in [-0.2, 0) is 13.5 Å². The predicted molar refractivity (Wildman–Crippen MR) is 77.4 cm³/mol. The van der Waals surface area contributed by atoms with Crippen LogP contribution in [0.15, 0.2) is 36.8 Å². The molecule has 0 aliphatic heterocycles. The predicted octanol–water partition coefficient (Wildman–Crippen LogP) is 2.46. The Bertz CT molecular complexity index is 777. The van der Waals surface area contributed by atoms with Crippen LogP contribution in [-0.4, -0.2) is 19.7 Å². The quantitative estimate of drug-likeness (QED) is 0.773. The highest BCUT2D eigenvalue weighted by atomic mass is 15.3. The maximum atomic E-state index is 4.38. The van der Waals surface area contributed by atoms with Crippen molar-refractivity contribution in [3.8, 4) is 0 Å². The van der Waals surface area contributed by atoms with Gasteiger partial charge >= 0.3 is 0 Å². The first-order valence-electron chi connectivity index (χ1n) is 6.80. The molecular formula is C15H15N5. The molecule has 5 heteroatoms. The molecule has 5 nitrogen and oxygen atoms in total. The highest BCUT2D eigenvalue weighted by molar-refractivity contribution is 5.86. The minimum atomic E-state index is 0.324. The van der Waals surface area contributed by atoms with E-state index in [1.165, 1.54) is 11.1 Å². The Morgan fingerprint density at radius 1 is 1.25 bits per heavy atom. The van der Waals surface area contributed by atoms with Gasteiger partial charge in [-0.25, -0.2) is 9.97 Å². The third-order valence-electron chi connectivity index (χ3n) is 3.97. The van der Waals surface area contributed by atoms with Crippen LogP contribution in [0.1, 0.15) is 23.6 Å². The van der Waals surface area contributed by atoms with Crippen LogP contribution in [0.2, 0.25) is 0 Å². The van der Waals surface area contributed by atoms with E-state index in [1.807, 2.05) is 13.2 Å². The molecule has 1 aromatic carbocycles. The molecule has 2 aromatic heterocycles. The van der Waals surface area contributed by atoms with Crippen molar-refractivity contribution in [1.29, 1.82) is 0 Å². The molecule has 1 aliphatic rings. The first-order valence-corrected chi connectivity index (χ1v) is 6.80. The number of hydrogen-bond donors (Lipinski definition) is 1. The Kier molecular flexibility index (Phi) is 2.45. The summed E-state index contributed by atoms with van der Waals surface area (Å²) in [6.07, 6.45) is 5.63. The Morgan fingerprint density at radius 3 is 3.10 bits per heavy atom. The minimum Gasteiger partial charge on any atom is -0.363 e. The zero-order chi connectivity index (χ0) is 13.5. The molecule has 0 amide bonds. The second-order valence-corrected chi connectivity index (χ2v) is 5.16. The molecule has 0 bridgehead atoms. The monoisotopic (exact) mass is 265 g/mol. The summed E-state index contributed by atoms with van der Waals surface area (Å²) < 4.78 is 1.77. The van der Waals surface area contributed by atoms with Crippen LogP contribution in [0.25, 0.3) is 11.0 Å². The summed E-state index contributed by atoms with van der Waals surface area (Å²) in [6.45, 7) is 0. The van der Waals surface area contributed by atoms with Gasteiger partial charge in [0.15, 0.2) is 5.65 Å². The zero-order valence-electron chi connectivity index (χ0n) is 11.2. The van der Waals surface area contributed by atoms with Gasteiger partial charge in [0, 0.05) is 7.05 Å². The van der Waals surface area contributed by atoms with E-state index in [0.717, 1.165) is 29.7 Å². The molecule has 0 saturated carbocycles. The van der Waals surface area contributed by atoms with E-state index in [9.17, 15) is 0 Å². The lowest BCUT2D eigenvalue weighted by molar-refractivity contribution is 0.757. The van der Waals surface area contributed by atoms with Crippen molar-refractivity contribution >= 4 is 16.9 Å². The van der Waals surface area contributed by atoms with Crippen molar-refractivity contribution < 1.29 is 0 Å². The van der Waals surface area contributed by atoms with Crippen molar-refractivity contribution in [2.45, 2.75) is 18.9 Å². The number of nitrogens with one attached hydrogen (secondary N) is 1. The second-order valence-electron chi connectivity index (χ2n) is 5.16. The van der Waals surface area contributed by atoms with Crippen LogP contribution >= 0.6 is 0 Å². The fraction of sp³-hybridized carbons (Fsp3) is 0.267. The SMILES string of the molecule is Cn1ncc2c(N[C@@H]3CCc4ccccc43)ncnc21. The number of rotatable bonds is 2. The van der Waals surface area contributed by atoms with Gasteiger partial charge in [-0.15, -0.1) is 0 Å². The number of nitrogens with zero attached hydrogens (tertiary/aromatic N) is 4. The molecule has 0 fully saturated rings. The van der Waals surface area contributed by atoms with Crippen LogP contribution in [0.4, 0.5) is 5.82 Å². The number of benzene rings is 1. The molecule has 1 atom stereocenters. The molecule has 1 N–H and O–H groups in total. The normalized spacial score (nSPS) is 17.4. The van der Waals surface area contributed by atoms with Crippen LogP contribution in [0, 0.1) is 0 Å². The van der Waals surface area contributed by atoms with Gasteiger partial charge in [-0.3, -0.25) is 4.68 Å². The lowest BCUT2D eigenvalue weighted by Crippen LogP contribution is -2.09. The van der Waals surface area contributed by atoms with Gasteiger partial charge in [-0.2, -0.15) is 5.10 Å². The van der Waals surface area contributed by atoms with Gasteiger partial charge in [0.05, 0.1) is 17.6 Å². The summed E-state index contributed by atoms with van der Waals surface area (Å²) >= 11 is 0. The number of aromatic nitrogens is 4. The molecule has 1 aliphatic carbocycles. The van der Waals surface area contributed by atoms with Gasteiger partial charge in [0.25, 0.3) is 0 Å². The Hall–Kier alpha value is -2.43. The molecule has 0 saturated heterocycles. The van der Waals surface area contributed by atoms with Crippen molar-refractivity contribution in [3.63, 3.8) is 0 Å². The zero-order valence-corrected chi connectivity index (χ0v) is 11.2. The second kappa shape index (κ2) is 4.30. The van der Waals surface area contributed by atoms with Gasteiger partial charge < -0.3 is 5.32 Å². The van der Waals surface area contributed by atoms with Gasteiger partial charge in [-0.1, -0.05) is 24.3 Å². The lowest BCUT2D eigenvalue weighted by Gasteiger charge is -2.15. The van der Waals surface area contributed by atoms with Crippen molar-refractivity contribution in [2.24, 2.45) is 7.05 Å². The molecule has 3 aromatic rings. The first-order chi connectivity index (χ1) is 9.83. The Labute approximate surface area is 116 Å². The first kappa shape index (κ1) is 11.4. The fourth-order valence-electron chi connectivity index (χ4n) is 2.95. The fourth-order valence-corrected chi connectivity index (χ4v) is 2.95. The molecule has 100 valence electrons. The van der Waals surface area contributed by atoms with E-state index >= 15 is 0 Å². The highest BCUT2D eigenvalue weighted by Crippen LogP contribution is 2.34. The van der Waals surface area contributed by atoms with Crippen molar-refractivity contribution in [3.05, 3.63) is 47.9 Å². The molecule has 0 radical (unpaired) electrons. The summed E-state index contributed by atoms with van der Waals surface area (Å²) in [7, 11) is 1.89. The molecule has 4 rings (SSSR count). The highest BCUT2D eigenvalue weighted by Gasteiger charge is 2.22. The molecule has 2 heterocycles. The molecule has 0 unspecified atom stereocenters. The standard InChI is InChI=1S/C15H15N5/c1-20-15-12(8-18-20)14(16-9-17-15)19-13-7-6-10-4-2-3-5-11(10)13/h2-5,8-9,13H,6-7H2,1H3,(H,16,17,19)/t13-/m1/s1. The largest absolute Gasteiger partial charge is 0.363 e. The van der Waals surface area contributed by atoms with E-state index in [4.69, 9.17) is 0 Å². The van der Waals surface area contributed by atoms with E-state index in [-0.39, 0.29) is 0 Å². The number of aryl methyl sites for hydroxylation is 2. The van der Waals surface area contributed by atoms with E-state index in [0.29, 0.717) is 6.04 Å². The van der Waals surface area contributed by atoms with Crippen molar-refractivity contribution in [2.75, 3.05) is 5.32 Å². The minimum absolute atomic E-state index is 0.324. The molecule has 0 spiro atoms. The molecule has 20 heavy (non-hydrogen) atoms. The van der Waals surface area contributed by atoms with Crippen LogP contribution in [0.3, 0.4) is 0 Å². The average molecular weight is 265 g/mol. The Morgan fingerprint density at radius 2 is 2.15 bits per heavy atom. The summed E-state index contributed by atoms with van der Waals surface area (Å²) in [4.78, 5) is 8.65.